The highest BCUT2D eigenvalue weighted by Crippen LogP contribution is 2.41. The predicted octanol–water partition coefficient (Wildman–Crippen LogP) is 3.39. The second-order valence-corrected chi connectivity index (χ2v) is 11.3. The van der Waals surface area contributed by atoms with Gasteiger partial charge in [-0.15, -0.1) is 11.3 Å². The fourth-order valence-corrected chi connectivity index (χ4v) is 7.00. The second-order valence-electron chi connectivity index (χ2n) is 8.31. The number of anilines is 1. The number of carbonyl (C=O) groups excluding carboxylic acids is 1. The van der Waals surface area contributed by atoms with Crippen molar-refractivity contribution in [3.05, 3.63) is 29.4 Å². The first-order valence-electron chi connectivity index (χ1n) is 10.5. The molecule has 168 valence electrons. The van der Waals surface area contributed by atoms with Crippen LogP contribution in [0.1, 0.15) is 43.0 Å². The lowest BCUT2D eigenvalue weighted by Crippen LogP contribution is -2.42. The van der Waals surface area contributed by atoms with Crippen LogP contribution >= 0.6 is 11.3 Å². The molecular weight excluding hydrogens is 436 g/mol. The Labute approximate surface area is 187 Å². The molecule has 31 heavy (non-hydrogen) atoms. The Morgan fingerprint density at radius 1 is 1.23 bits per heavy atom. The molecule has 0 unspecified atom stereocenters. The first-order chi connectivity index (χ1) is 14.8. The Balaban J connectivity index is 1.61. The van der Waals surface area contributed by atoms with Gasteiger partial charge in [0.2, 0.25) is 10.0 Å². The highest BCUT2D eigenvalue weighted by molar-refractivity contribution is 7.89. The highest BCUT2D eigenvalue weighted by atomic mass is 32.2. The van der Waals surface area contributed by atoms with Crippen LogP contribution in [0.4, 0.5) is 10.5 Å². The van der Waals surface area contributed by atoms with Gasteiger partial charge in [0, 0.05) is 50.6 Å². The van der Waals surface area contributed by atoms with Crippen LogP contribution in [0.25, 0.3) is 10.4 Å². The quantitative estimate of drug-likeness (QED) is 0.702. The summed E-state index contributed by atoms with van der Waals surface area (Å²) in [5.41, 5.74) is 6.67. The highest BCUT2D eigenvalue weighted by Gasteiger charge is 2.33. The molecule has 2 N–H and O–H groups in total. The first kappa shape index (κ1) is 22.0. The van der Waals surface area contributed by atoms with Gasteiger partial charge >= 0.3 is 6.09 Å². The zero-order chi connectivity index (χ0) is 22.2. The molecule has 2 aromatic rings. The summed E-state index contributed by atoms with van der Waals surface area (Å²) < 4.78 is 33.2. The fourth-order valence-electron chi connectivity index (χ4n) is 4.07. The molecular formula is C21H28N4O4S2. The van der Waals surface area contributed by atoms with Crippen molar-refractivity contribution in [2.45, 2.75) is 49.0 Å². The number of benzene rings is 1. The van der Waals surface area contributed by atoms with Crippen LogP contribution in [0.2, 0.25) is 0 Å². The third-order valence-corrected chi connectivity index (χ3v) is 9.14. The van der Waals surface area contributed by atoms with Gasteiger partial charge in [-0.05, 0) is 44.2 Å². The van der Waals surface area contributed by atoms with Crippen LogP contribution in [-0.4, -0.2) is 57.1 Å². The Morgan fingerprint density at radius 2 is 1.94 bits per heavy atom. The third-order valence-electron chi connectivity index (χ3n) is 6.01. The van der Waals surface area contributed by atoms with Crippen LogP contribution < -0.4 is 10.6 Å². The van der Waals surface area contributed by atoms with Gasteiger partial charge in [0.1, 0.15) is 6.10 Å². The van der Waals surface area contributed by atoms with Crippen molar-refractivity contribution >= 4 is 33.1 Å². The lowest BCUT2D eigenvalue weighted by Gasteiger charge is -2.30. The minimum Gasteiger partial charge on any atom is -0.446 e. The molecule has 1 aromatic carbocycles. The van der Waals surface area contributed by atoms with E-state index in [2.05, 4.69) is 4.98 Å². The maximum Gasteiger partial charge on any atom is 0.404 e. The van der Waals surface area contributed by atoms with Crippen LogP contribution in [0.3, 0.4) is 0 Å². The minimum atomic E-state index is -3.55. The van der Waals surface area contributed by atoms with E-state index in [0.29, 0.717) is 23.5 Å². The van der Waals surface area contributed by atoms with Crippen molar-refractivity contribution < 1.29 is 17.9 Å². The van der Waals surface area contributed by atoms with Gasteiger partial charge in [-0.3, -0.25) is 0 Å². The zero-order valence-electron chi connectivity index (χ0n) is 17.8. The smallest absolute Gasteiger partial charge is 0.404 e. The molecule has 0 radical (unpaired) electrons. The molecule has 10 heteroatoms. The monoisotopic (exact) mass is 464 g/mol. The number of primary amides is 1. The summed E-state index contributed by atoms with van der Waals surface area (Å²) in [6.45, 7) is 1.14. The van der Waals surface area contributed by atoms with E-state index in [9.17, 15) is 13.2 Å². The van der Waals surface area contributed by atoms with Crippen LogP contribution in [-0.2, 0) is 14.8 Å². The molecule has 0 atom stereocenters. The van der Waals surface area contributed by atoms with E-state index in [-0.39, 0.29) is 12.0 Å². The average molecular weight is 465 g/mol. The standard InChI is InChI=1S/C21H28N4O4S2/c1-24(2)15-6-9-17(19(12-15)31(27,28)25-10-3-11-25)18-13-23-20(30-18)14-4-7-16(8-5-14)29-21(22)26/h6,9,12-14,16H,3-5,7-8,10-11H2,1-2H3,(H2,22,26)/t14-,16-. The molecule has 0 bridgehead atoms. The maximum absolute atomic E-state index is 13.3. The molecule has 2 aliphatic rings. The summed E-state index contributed by atoms with van der Waals surface area (Å²) in [5, 5.41) is 0.997. The van der Waals surface area contributed by atoms with E-state index < -0.39 is 16.1 Å². The predicted molar refractivity (Wildman–Crippen MR) is 121 cm³/mol. The van der Waals surface area contributed by atoms with E-state index in [0.717, 1.165) is 47.7 Å². The number of nitrogens with zero attached hydrogens (tertiary/aromatic N) is 3. The molecule has 0 spiro atoms. The van der Waals surface area contributed by atoms with Gasteiger partial charge in [-0.1, -0.05) is 6.07 Å². The van der Waals surface area contributed by atoms with Crippen molar-refractivity contribution in [1.29, 1.82) is 0 Å². The third kappa shape index (κ3) is 4.56. The van der Waals surface area contributed by atoms with Gasteiger partial charge in [-0.2, -0.15) is 4.31 Å². The van der Waals surface area contributed by atoms with Gasteiger partial charge in [0.25, 0.3) is 0 Å². The Kier molecular flexibility index (Phi) is 6.23. The number of carbonyl (C=O) groups is 1. The van der Waals surface area contributed by atoms with Gasteiger partial charge in [0.05, 0.1) is 14.8 Å². The molecule has 1 aliphatic heterocycles. The normalized spacial score (nSPS) is 22.0. The van der Waals surface area contributed by atoms with Crippen molar-refractivity contribution in [2.75, 3.05) is 32.1 Å². The zero-order valence-corrected chi connectivity index (χ0v) is 19.4. The lowest BCUT2D eigenvalue weighted by molar-refractivity contribution is 0.0787. The summed E-state index contributed by atoms with van der Waals surface area (Å²) in [6, 6.07) is 5.59. The minimum absolute atomic E-state index is 0.125. The number of aromatic nitrogens is 1. The van der Waals surface area contributed by atoms with E-state index in [1.807, 2.05) is 31.1 Å². The van der Waals surface area contributed by atoms with Crippen molar-refractivity contribution in [3.8, 4) is 10.4 Å². The number of thiazole rings is 1. The number of rotatable bonds is 6. The fraction of sp³-hybridized carbons (Fsp3) is 0.524. The lowest BCUT2D eigenvalue weighted by atomic mass is 9.88. The Morgan fingerprint density at radius 3 is 2.52 bits per heavy atom. The van der Waals surface area contributed by atoms with E-state index in [1.165, 1.54) is 4.31 Å². The molecule has 2 fully saturated rings. The van der Waals surface area contributed by atoms with Gasteiger partial charge < -0.3 is 15.4 Å². The topological polar surface area (TPSA) is 106 Å². The van der Waals surface area contributed by atoms with Crippen molar-refractivity contribution in [2.24, 2.45) is 5.73 Å². The van der Waals surface area contributed by atoms with Crippen molar-refractivity contribution in [3.63, 3.8) is 0 Å². The molecule has 1 aromatic heterocycles. The molecule has 1 amide bonds. The molecule has 4 rings (SSSR count). The Hall–Kier alpha value is -2.17. The number of sulfonamides is 1. The van der Waals surface area contributed by atoms with Gasteiger partial charge in [-0.25, -0.2) is 18.2 Å². The van der Waals surface area contributed by atoms with Gasteiger partial charge in [0.15, 0.2) is 0 Å². The van der Waals surface area contributed by atoms with E-state index >= 15 is 0 Å². The number of ether oxygens (including phenoxy) is 1. The maximum atomic E-state index is 13.3. The molecule has 8 nitrogen and oxygen atoms in total. The summed E-state index contributed by atoms with van der Waals surface area (Å²) in [5.74, 6) is 0.281. The molecule has 2 heterocycles. The number of amides is 1. The number of hydrogen-bond donors (Lipinski definition) is 1. The largest absolute Gasteiger partial charge is 0.446 e. The van der Waals surface area contributed by atoms with Crippen LogP contribution in [0.15, 0.2) is 29.3 Å². The van der Waals surface area contributed by atoms with Crippen LogP contribution in [0, 0.1) is 0 Å². The Bertz CT molecular complexity index is 1060. The summed E-state index contributed by atoms with van der Waals surface area (Å²) in [4.78, 5) is 18.7. The SMILES string of the molecule is CN(C)c1ccc(-c2cnc([C@H]3CC[C@H](OC(N)=O)CC3)s2)c(S(=O)(=O)N2CCC2)c1. The summed E-state index contributed by atoms with van der Waals surface area (Å²) >= 11 is 1.55. The second kappa shape index (κ2) is 8.76. The molecule has 1 saturated heterocycles. The van der Waals surface area contributed by atoms with Crippen LogP contribution in [0.5, 0.6) is 0 Å². The number of nitrogens with two attached hydrogens (primary N) is 1. The van der Waals surface area contributed by atoms with E-state index in [4.69, 9.17) is 10.5 Å². The first-order valence-corrected chi connectivity index (χ1v) is 12.7. The summed E-state index contributed by atoms with van der Waals surface area (Å²) in [7, 11) is 0.256. The molecule has 1 saturated carbocycles. The number of hydrogen-bond acceptors (Lipinski definition) is 7. The molecule has 1 aliphatic carbocycles. The van der Waals surface area contributed by atoms with Crippen molar-refractivity contribution in [1.82, 2.24) is 9.29 Å². The average Bonchev–Trinajstić information content (AvgIpc) is 3.16. The summed E-state index contributed by atoms with van der Waals surface area (Å²) in [6.07, 6.45) is 5.08. The van der Waals surface area contributed by atoms with E-state index in [1.54, 1.807) is 23.6 Å².